The lowest BCUT2D eigenvalue weighted by molar-refractivity contribution is 0.457. The van der Waals surface area contributed by atoms with Crippen LogP contribution < -0.4 is 5.32 Å². The summed E-state index contributed by atoms with van der Waals surface area (Å²) in [5.74, 6) is 0. The quantitative estimate of drug-likeness (QED) is 0.846. The molecule has 0 unspecified atom stereocenters. The van der Waals surface area contributed by atoms with E-state index in [4.69, 9.17) is 0 Å². The van der Waals surface area contributed by atoms with Gasteiger partial charge in [-0.25, -0.2) is 4.98 Å². The standard InChI is InChI=1S/C13H19N3S/c1-2-4-6-11(5-3-1)14-9-12-10-16-7-8-17-13(16)15-12/h7-8,10-11,14H,1-6,9H2. The molecular formula is C13H19N3S. The Morgan fingerprint density at radius 2 is 2.12 bits per heavy atom. The van der Waals surface area contributed by atoms with Crippen LogP contribution in [0.1, 0.15) is 44.2 Å². The highest BCUT2D eigenvalue weighted by Crippen LogP contribution is 2.18. The van der Waals surface area contributed by atoms with Gasteiger partial charge >= 0.3 is 0 Å². The lowest BCUT2D eigenvalue weighted by Gasteiger charge is -2.14. The number of hydrogen-bond acceptors (Lipinski definition) is 3. The zero-order valence-electron chi connectivity index (χ0n) is 10.1. The number of nitrogens with one attached hydrogen (secondary N) is 1. The molecule has 1 fully saturated rings. The van der Waals surface area contributed by atoms with Gasteiger partial charge in [-0.1, -0.05) is 25.7 Å². The van der Waals surface area contributed by atoms with E-state index in [0.717, 1.165) is 11.5 Å². The first kappa shape index (κ1) is 11.2. The molecule has 2 aromatic rings. The monoisotopic (exact) mass is 249 g/mol. The van der Waals surface area contributed by atoms with E-state index in [1.165, 1.54) is 44.2 Å². The Hall–Kier alpha value is -0.870. The topological polar surface area (TPSA) is 29.3 Å². The van der Waals surface area contributed by atoms with Gasteiger partial charge in [-0.15, -0.1) is 11.3 Å². The van der Waals surface area contributed by atoms with E-state index < -0.39 is 0 Å². The largest absolute Gasteiger partial charge is 0.308 e. The average Bonchev–Trinajstić information content (AvgIpc) is 2.79. The Kier molecular flexibility index (Phi) is 3.43. The molecule has 3 rings (SSSR count). The van der Waals surface area contributed by atoms with Gasteiger partial charge in [0.05, 0.1) is 5.69 Å². The van der Waals surface area contributed by atoms with Crippen LogP contribution in [-0.2, 0) is 6.54 Å². The molecule has 0 bridgehead atoms. The molecule has 1 aliphatic carbocycles. The minimum absolute atomic E-state index is 0.706. The second kappa shape index (κ2) is 5.19. The number of hydrogen-bond donors (Lipinski definition) is 1. The molecule has 0 saturated heterocycles. The number of thiazole rings is 1. The fourth-order valence-corrected chi connectivity index (χ4v) is 3.31. The lowest BCUT2D eigenvalue weighted by atomic mass is 10.1. The molecule has 0 amide bonds. The van der Waals surface area contributed by atoms with Crippen LogP contribution in [0.15, 0.2) is 17.8 Å². The summed E-state index contributed by atoms with van der Waals surface area (Å²) in [5.41, 5.74) is 1.17. The Labute approximate surface area is 106 Å². The van der Waals surface area contributed by atoms with Crippen LogP contribution in [0.4, 0.5) is 0 Å². The van der Waals surface area contributed by atoms with E-state index in [0.29, 0.717) is 6.04 Å². The van der Waals surface area contributed by atoms with Crippen LogP contribution in [0.25, 0.3) is 4.96 Å². The number of nitrogens with zero attached hydrogens (tertiary/aromatic N) is 2. The highest BCUT2D eigenvalue weighted by atomic mass is 32.1. The lowest BCUT2D eigenvalue weighted by Crippen LogP contribution is -2.27. The second-order valence-corrected chi connectivity index (χ2v) is 5.77. The van der Waals surface area contributed by atoms with Gasteiger partial charge in [0.2, 0.25) is 0 Å². The molecule has 4 heteroatoms. The highest BCUT2D eigenvalue weighted by molar-refractivity contribution is 7.15. The van der Waals surface area contributed by atoms with Crippen molar-refractivity contribution >= 4 is 16.3 Å². The first-order chi connectivity index (χ1) is 8.42. The minimum Gasteiger partial charge on any atom is -0.308 e. The van der Waals surface area contributed by atoms with Crippen molar-refractivity contribution in [3.8, 4) is 0 Å². The van der Waals surface area contributed by atoms with Crippen molar-refractivity contribution in [2.45, 2.75) is 51.1 Å². The van der Waals surface area contributed by atoms with Crippen molar-refractivity contribution in [3.63, 3.8) is 0 Å². The van der Waals surface area contributed by atoms with E-state index in [1.807, 2.05) is 0 Å². The summed E-state index contributed by atoms with van der Waals surface area (Å²) in [6.07, 6.45) is 12.5. The maximum Gasteiger partial charge on any atom is 0.193 e. The molecule has 0 atom stereocenters. The number of imidazole rings is 1. The van der Waals surface area contributed by atoms with Gasteiger partial charge in [-0.3, -0.25) is 4.40 Å². The maximum absolute atomic E-state index is 4.60. The minimum atomic E-state index is 0.706. The first-order valence-electron chi connectivity index (χ1n) is 6.56. The van der Waals surface area contributed by atoms with Crippen molar-refractivity contribution < 1.29 is 0 Å². The summed E-state index contributed by atoms with van der Waals surface area (Å²) in [4.78, 5) is 5.70. The summed E-state index contributed by atoms with van der Waals surface area (Å²) in [5, 5.41) is 5.73. The van der Waals surface area contributed by atoms with Crippen molar-refractivity contribution in [2.75, 3.05) is 0 Å². The Balaban J connectivity index is 1.57. The molecule has 0 spiro atoms. The van der Waals surface area contributed by atoms with E-state index in [-0.39, 0.29) is 0 Å². The molecule has 2 aromatic heterocycles. The van der Waals surface area contributed by atoms with Crippen molar-refractivity contribution in [1.82, 2.24) is 14.7 Å². The molecule has 1 N–H and O–H groups in total. The van der Waals surface area contributed by atoms with Crippen LogP contribution in [-0.4, -0.2) is 15.4 Å². The zero-order valence-corrected chi connectivity index (χ0v) is 10.9. The average molecular weight is 249 g/mol. The summed E-state index contributed by atoms with van der Waals surface area (Å²) < 4.78 is 2.11. The van der Waals surface area contributed by atoms with Crippen LogP contribution in [0.5, 0.6) is 0 Å². The van der Waals surface area contributed by atoms with Gasteiger partial charge in [0.1, 0.15) is 0 Å². The predicted octanol–water partition coefficient (Wildman–Crippen LogP) is 3.21. The molecule has 0 aliphatic heterocycles. The summed E-state index contributed by atoms with van der Waals surface area (Å²) in [6, 6.07) is 0.706. The van der Waals surface area contributed by atoms with Gasteiger partial charge in [0.15, 0.2) is 4.96 Å². The molecule has 1 aliphatic rings. The number of fused-ring (bicyclic) bond motifs is 1. The Morgan fingerprint density at radius 3 is 2.88 bits per heavy atom. The summed E-state index contributed by atoms with van der Waals surface area (Å²) in [7, 11) is 0. The maximum atomic E-state index is 4.60. The van der Waals surface area contributed by atoms with Crippen molar-refractivity contribution in [2.24, 2.45) is 0 Å². The van der Waals surface area contributed by atoms with E-state index in [1.54, 1.807) is 11.3 Å². The van der Waals surface area contributed by atoms with Gasteiger partial charge in [-0.05, 0) is 12.8 Å². The predicted molar refractivity (Wildman–Crippen MR) is 71.4 cm³/mol. The van der Waals surface area contributed by atoms with Crippen LogP contribution in [0.2, 0.25) is 0 Å². The molecule has 17 heavy (non-hydrogen) atoms. The smallest absolute Gasteiger partial charge is 0.193 e. The molecule has 2 heterocycles. The second-order valence-electron chi connectivity index (χ2n) is 4.89. The van der Waals surface area contributed by atoms with Crippen LogP contribution >= 0.6 is 11.3 Å². The van der Waals surface area contributed by atoms with Gasteiger partial charge < -0.3 is 5.32 Å². The van der Waals surface area contributed by atoms with Gasteiger partial charge in [0.25, 0.3) is 0 Å². The molecule has 0 radical (unpaired) electrons. The van der Waals surface area contributed by atoms with Crippen LogP contribution in [0, 0.1) is 0 Å². The SMILES string of the molecule is c1cn2cc(CNC3CCCCCC3)nc2s1. The fourth-order valence-electron chi connectivity index (χ4n) is 2.59. The van der Waals surface area contributed by atoms with Crippen LogP contribution in [0.3, 0.4) is 0 Å². The molecule has 3 nitrogen and oxygen atoms in total. The Bertz CT molecular complexity index is 437. The van der Waals surface area contributed by atoms with Crippen molar-refractivity contribution in [1.29, 1.82) is 0 Å². The highest BCUT2D eigenvalue weighted by Gasteiger charge is 2.12. The molecule has 1 saturated carbocycles. The van der Waals surface area contributed by atoms with E-state index >= 15 is 0 Å². The Morgan fingerprint density at radius 1 is 1.29 bits per heavy atom. The third kappa shape index (κ3) is 2.69. The van der Waals surface area contributed by atoms with E-state index in [9.17, 15) is 0 Å². The zero-order chi connectivity index (χ0) is 11.5. The van der Waals surface area contributed by atoms with E-state index in [2.05, 4.69) is 32.5 Å². The first-order valence-corrected chi connectivity index (χ1v) is 7.44. The normalized spacial score (nSPS) is 18.6. The number of rotatable bonds is 3. The molecular weight excluding hydrogens is 230 g/mol. The summed E-state index contributed by atoms with van der Waals surface area (Å²) >= 11 is 1.70. The number of aromatic nitrogens is 2. The third-order valence-corrected chi connectivity index (χ3v) is 4.34. The van der Waals surface area contributed by atoms with Gasteiger partial charge in [-0.2, -0.15) is 0 Å². The molecule has 92 valence electrons. The molecule has 0 aromatic carbocycles. The van der Waals surface area contributed by atoms with Crippen molar-refractivity contribution in [3.05, 3.63) is 23.5 Å². The third-order valence-electron chi connectivity index (χ3n) is 3.57. The van der Waals surface area contributed by atoms with Gasteiger partial charge in [0, 0.05) is 30.4 Å². The fraction of sp³-hybridized carbons (Fsp3) is 0.615. The summed E-state index contributed by atoms with van der Waals surface area (Å²) in [6.45, 7) is 0.916.